The van der Waals surface area contributed by atoms with Crippen molar-refractivity contribution in [2.45, 2.75) is 20.8 Å². The molecule has 0 radical (unpaired) electrons. The number of hydrogen-bond acceptors (Lipinski definition) is 6. The van der Waals surface area contributed by atoms with Crippen LogP contribution < -0.4 is 0 Å². The highest BCUT2D eigenvalue weighted by atomic mass is 16.3. The van der Waals surface area contributed by atoms with E-state index in [4.69, 9.17) is 0 Å². The molecule has 0 saturated heterocycles. The number of rotatable bonds is 1. The summed E-state index contributed by atoms with van der Waals surface area (Å²) in [5.41, 5.74) is 3.97. The first-order valence-electron chi connectivity index (χ1n) is 6.06. The average molecular weight is 271 g/mol. The first-order chi connectivity index (χ1) is 9.45. The van der Waals surface area contributed by atoms with E-state index in [9.17, 15) is 10.2 Å². The summed E-state index contributed by atoms with van der Waals surface area (Å²) in [6, 6.07) is 2.77. The van der Waals surface area contributed by atoms with E-state index in [0.29, 0.717) is 17.0 Å². The van der Waals surface area contributed by atoms with Crippen LogP contribution in [-0.2, 0) is 0 Å². The van der Waals surface area contributed by atoms with Crippen molar-refractivity contribution >= 4 is 5.65 Å². The first kappa shape index (κ1) is 12.3. The van der Waals surface area contributed by atoms with Crippen LogP contribution in [-0.4, -0.2) is 34.8 Å². The van der Waals surface area contributed by atoms with Crippen molar-refractivity contribution in [1.82, 2.24) is 24.6 Å². The molecular weight excluding hydrogens is 258 g/mol. The van der Waals surface area contributed by atoms with Gasteiger partial charge in [-0.25, -0.2) is 4.98 Å². The number of hydrogen-bond donors (Lipinski definition) is 2. The molecule has 7 nitrogen and oxygen atoms in total. The maximum atomic E-state index is 9.74. The molecule has 0 amide bonds. The standard InChI is InChI=1S/C13H13N5O2/c1-6-7(2)15-13(8(3)14-6)9-4-10-16-11(19)5-12(20)18(10)17-9/h4-5,20H,1-3H3,(H,16,19). The van der Waals surface area contributed by atoms with Crippen molar-refractivity contribution in [3.63, 3.8) is 0 Å². The van der Waals surface area contributed by atoms with Crippen molar-refractivity contribution in [3.05, 3.63) is 29.2 Å². The highest BCUT2D eigenvalue weighted by Gasteiger charge is 2.14. The van der Waals surface area contributed by atoms with Gasteiger partial charge in [0.25, 0.3) is 0 Å². The van der Waals surface area contributed by atoms with E-state index in [0.717, 1.165) is 23.1 Å². The SMILES string of the molecule is Cc1nc(C)c(-c2cc3nc(O)cc(O)n3n2)nc1C. The van der Waals surface area contributed by atoms with Crippen LogP contribution in [0.4, 0.5) is 0 Å². The zero-order chi connectivity index (χ0) is 14.4. The molecule has 3 aromatic heterocycles. The van der Waals surface area contributed by atoms with Gasteiger partial charge in [-0.3, -0.25) is 4.98 Å². The molecule has 3 heterocycles. The molecule has 0 aromatic carbocycles. The van der Waals surface area contributed by atoms with Crippen molar-refractivity contribution < 1.29 is 10.2 Å². The van der Waals surface area contributed by atoms with E-state index in [-0.39, 0.29) is 11.8 Å². The van der Waals surface area contributed by atoms with Crippen molar-refractivity contribution in [2.24, 2.45) is 0 Å². The number of aromatic nitrogens is 5. The third kappa shape index (κ3) is 1.83. The quantitative estimate of drug-likeness (QED) is 0.696. The molecule has 2 N–H and O–H groups in total. The van der Waals surface area contributed by atoms with E-state index in [1.165, 1.54) is 4.52 Å². The molecule has 7 heteroatoms. The van der Waals surface area contributed by atoms with E-state index < -0.39 is 0 Å². The number of aryl methyl sites for hydroxylation is 3. The molecule has 0 spiro atoms. The molecule has 3 aromatic rings. The third-order valence-corrected chi connectivity index (χ3v) is 3.12. The summed E-state index contributed by atoms with van der Waals surface area (Å²) in [6.07, 6.45) is 0. The minimum Gasteiger partial charge on any atom is -0.493 e. The molecule has 20 heavy (non-hydrogen) atoms. The highest BCUT2D eigenvalue weighted by molar-refractivity contribution is 5.63. The Morgan fingerprint density at radius 3 is 2.35 bits per heavy atom. The molecule has 0 aliphatic rings. The average Bonchev–Trinajstić information content (AvgIpc) is 2.77. The summed E-state index contributed by atoms with van der Waals surface area (Å²) in [5.74, 6) is -0.447. The molecule has 0 unspecified atom stereocenters. The van der Waals surface area contributed by atoms with Crippen molar-refractivity contribution in [3.8, 4) is 23.1 Å². The van der Waals surface area contributed by atoms with Gasteiger partial charge in [-0.05, 0) is 20.8 Å². The van der Waals surface area contributed by atoms with Gasteiger partial charge >= 0.3 is 0 Å². The van der Waals surface area contributed by atoms with Gasteiger partial charge in [0.1, 0.15) is 11.4 Å². The molecule has 0 aliphatic heterocycles. The van der Waals surface area contributed by atoms with Crippen LogP contribution in [0.25, 0.3) is 17.0 Å². The summed E-state index contributed by atoms with van der Waals surface area (Å²) in [5, 5.41) is 23.4. The Hall–Kier alpha value is -2.70. The van der Waals surface area contributed by atoms with Gasteiger partial charge in [-0.1, -0.05) is 0 Å². The lowest BCUT2D eigenvalue weighted by Crippen LogP contribution is -1.99. The van der Waals surface area contributed by atoms with Crippen LogP contribution in [0.15, 0.2) is 12.1 Å². The molecular formula is C13H13N5O2. The van der Waals surface area contributed by atoms with Gasteiger partial charge < -0.3 is 10.2 Å². The Balaban J connectivity index is 2.25. The van der Waals surface area contributed by atoms with Crippen LogP contribution in [0.3, 0.4) is 0 Å². The van der Waals surface area contributed by atoms with Crippen molar-refractivity contribution in [1.29, 1.82) is 0 Å². The maximum absolute atomic E-state index is 9.74. The summed E-state index contributed by atoms with van der Waals surface area (Å²) < 4.78 is 1.24. The second kappa shape index (κ2) is 4.16. The predicted octanol–water partition coefficient (Wildman–Crippen LogP) is 1.52. The predicted molar refractivity (Wildman–Crippen MR) is 71.6 cm³/mol. The zero-order valence-corrected chi connectivity index (χ0v) is 11.3. The number of fused-ring (bicyclic) bond motifs is 1. The first-order valence-corrected chi connectivity index (χ1v) is 6.06. The topological polar surface area (TPSA) is 96.4 Å². The molecule has 0 aliphatic carbocycles. The van der Waals surface area contributed by atoms with Gasteiger partial charge in [0.15, 0.2) is 5.65 Å². The lowest BCUT2D eigenvalue weighted by Gasteiger charge is -2.04. The second-order valence-corrected chi connectivity index (χ2v) is 4.60. The Bertz CT molecular complexity index is 825. The van der Waals surface area contributed by atoms with Crippen LogP contribution in [0, 0.1) is 20.8 Å². The van der Waals surface area contributed by atoms with Gasteiger partial charge in [-0.15, -0.1) is 0 Å². The van der Waals surface area contributed by atoms with Crippen LogP contribution in [0.5, 0.6) is 11.8 Å². The Morgan fingerprint density at radius 2 is 1.60 bits per heavy atom. The Morgan fingerprint density at radius 1 is 0.900 bits per heavy atom. The van der Waals surface area contributed by atoms with E-state index in [1.54, 1.807) is 6.07 Å². The van der Waals surface area contributed by atoms with Crippen LogP contribution in [0.1, 0.15) is 17.1 Å². The van der Waals surface area contributed by atoms with Gasteiger partial charge in [-0.2, -0.15) is 14.6 Å². The summed E-state index contributed by atoms with van der Waals surface area (Å²) in [4.78, 5) is 12.8. The number of aromatic hydroxyl groups is 2. The monoisotopic (exact) mass is 271 g/mol. The van der Waals surface area contributed by atoms with E-state index >= 15 is 0 Å². The fraction of sp³-hybridized carbons (Fsp3) is 0.231. The Kier molecular flexibility index (Phi) is 2.56. The molecule has 0 saturated carbocycles. The van der Waals surface area contributed by atoms with Gasteiger partial charge in [0, 0.05) is 6.07 Å². The smallest absolute Gasteiger partial charge is 0.219 e. The minimum absolute atomic E-state index is 0.187. The molecule has 3 rings (SSSR count). The summed E-state index contributed by atoms with van der Waals surface area (Å²) >= 11 is 0. The minimum atomic E-state index is -0.260. The normalized spacial score (nSPS) is 11.2. The molecule has 0 atom stereocenters. The van der Waals surface area contributed by atoms with Gasteiger partial charge in [0.05, 0.1) is 23.1 Å². The van der Waals surface area contributed by atoms with E-state index in [1.807, 2.05) is 20.8 Å². The lowest BCUT2D eigenvalue weighted by atomic mass is 10.2. The molecule has 0 fully saturated rings. The van der Waals surface area contributed by atoms with Crippen LogP contribution in [0.2, 0.25) is 0 Å². The number of nitrogens with zero attached hydrogens (tertiary/aromatic N) is 5. The highest BCUT2D eigenvalue weighted by Crippen LogP contribution is 2.24. The van der Waals surface area contributed by atoms with Crippen LogP contribution >= 0.6 is 0 Å². The molecule has 102 valence electrons. The second-order valence-electron chi connectivity index (χ2n) is 4.60. The molecule has 0 bridgehead atoms. The van der Waals surface area contributed by atoms with Crippen molar-refractivity contribution in [2.75, 3.05) is 0 Å². The lowest BCUT2D eigenvalue weighted by molar-refractivity contribution is 0.413. The third-order valence-electron chi connectivity index (χ3n) is 3.12. The summed E-state index contributed by atoms with van der Waals surface area (Å²) in [7, 11) is 0. The maximum Gasteiger partial charge on any atom is 0.219 e. The zero-order valence-electron chi connectivity index (χ0n) is 11.3. The Labute approximate surface area is 114 Å². The largest absolute Gasteiger partial charge is 0.493 e. The fourth-order valence-corrected chi connectivity index (χ4v) is 2.02. The van der Waals surface area contributed by atoms with E-state index in [2.05, 4.69) is 20.1 Å². The summed E-state index contributed by atoms with van der Waals surface area (Å²) in [6.45, 7) is 5.63. The van der Waals surface area contributed by atoms with Gasteiger partial charge in [0.2, 0.25) is 11.8 Å². The fourth-order valence-electron chi connectivity index (χ4n) is 2.02.